The van der Waals surface area contributed by atoms with Crippen molar-refractivity contribution in [3.63, 3.8) is 0 Å². The average molecular weight is 428 g/mol. The highest BCUT2D eigenvalue weighted by atomic mass is 19.1. The van der Waals surface area contributed by atoms with Crippen LogP contribution in [0.5, 0.6) is 5.75 Å². The number of nitrogens with one attached hydrogen (secondary N) is 1. The molecule has 1 saturated carbocycles. The Bertz CT molecular complexity index is 899. The van der Waals surface area contributed by atoms with Gasteiger partial charge in [-0.05, 0) is 67.6 Å². The fourth-order valence-electron chi connectivity index (χ4n) is 4.57. The van der Waals surface area contributed by atoms with Crippen LogP contribution in [-0.4, -0.2) is 35.6 Å². The summed E-state index contributed by atoms with van der Waals surface area (Å²) in [4.78, 5) is 22.5. The SMILES string of the molecule is Cc1cnc(N2CCC(C3CC3CCOc3ccc(CC(=O)NN)c(F)c3)CC2)nc1. The van der Waals surface area contributed by atoms with Gasteiger partial charge in [0.2, 0.25) is 11.9 Å². The predicted molar refractivity (Wildman–Crippen MR) is 116 cm³/mol. The van der Waals surface area contributed by atoms with Crippen molar-refractivity contribution in [2.24, 2.45) is 23.6 Å². The first-order valence-corrected chi connectivity index (χ1v) is 11.0. The lowest BCUT2D eigenvalue weighted by molar-refractivity contribution is -0.120. The fourth-order valence-corrected chi connectivity index (χ4v) is 4.57. The van der Waals surface area contributed by atoms with Crippen LogP contribution in [0.15, 0.2) is 30.6 Å². The summed E-state index contributed by atoms with van der Waals surface area (Å²) in [6.07, 6.45) is 8.29. The molecule has 1 aliphatic heterocycles. The number of amides is 1. The molecule has 2 atom stereocenters. The zero-order chi connectivity index (χ0) is 21.8. The van der Waals surface area contributed by atoms with Gasteiger partial charge in [0.05, 0.1) is 13.0 Å². The molecule has 2 heterocycles. The number of hydrazine groups is 1. The van der Waals surface area contributed by atoms with E-state index in [-0.39, 0.29) is 6.42 Å². The van der Waals surface area contributed by atoms with Crippen molar-refractivity contribution in [1.82, 2.24) is 15.4 Å². The molecule has 31 heavy (non-hydrogen) atoms. The summed E-state index contributed by atoms with van der Waals surface area (Å²) in [5, 5.41) is 0. The smallest absolute Gasteiger partial charge is 0.238 e. The van der Waals surface area contributed by atoms with E-state index in [1.807, 2.05) is 24.7 Å². The van der Waals surface area contributed by atoms with E-state index in [9.17, 15) is 9.18 Å². The standard InChI is InChI=1S/C23H30FN5O2/c1-15-13-26-23(27-14-15)29-7-4-16(5-8-29)20-10-17(20)6-9-31-19-3-2-18(21(24)12-19)11-22(30)28-25/h2-3,12-14,16-17,20H,4-11,25H2,1H3,(H,28,30). The Labute approximate surface area is 182 Å². The van der Waals surface area contributed by atoms with Gasteiger partial charge < -0.3 is 9.64 Å². The van der Waals surface area contributed by atoms with Crippen molar-refractivity contribution in [1.29, 1.82) is 0 Å². The van der Waals surface area contributed by atoms with Gasteiger partial charge in [0.25, 0.3) is 0 Å². The van der Waals surface area contributed by atoms with E-state index in [0.29, 0.717) is 23.8 Å². The molecule has 2 fully saturated rings. The maximum absolute atomic E-state index is 14.1. The summed E-state index contributed by atoms with van der Waals surface area (Å²) < 4.78 is 19.9. The first kappa shape index (κ1) is 21.5. The minimum atomic E-state index is -0.449. The Morgan fingerprint density at radius 3 is 2.71 bits per heavy atom. The Morgan fingerprint density at radius 1 is 1.29 bits per heavy atom. The van der Waals surface area contributed by atoms with Crippen LogP contribution in [0.4, 0.5) is 10.3 Å². The second-order valence-corrected chi connectivity index (χ2v) is 8.68. The van der Waals surface area contributed by atoms with Gasteiger partial charge >= 0.3 is 0 Å². The molecule has 7 nitrogen and oxygen atoms in total. The summed E-state index contributed by atoms with van der Waals surface area (Å²) >= 11 is 0. The second kappa shape index (κ2) is 9.60. The van der Waals surface area contributed by atoms with Crippen molar-refractivity contribution >= 4 is 11.9 Å². The highest BCUT2D eigenvalue weighted by Gasteiger charge is 2.43. The number of carbonyl (C=O) groups is 1. The molecule has 2 unspecified atom stereocenters. The van der Waals surface area contributed by atoms with E-state index in [0.717, 1.165) is 42.9 Å². The van der Waals surface area contributed by atoms with Gasteiger partial charge in [-0.3, -0.25) is 10.2 Å². The number of aromatic nitrogens is 2. The summed E-state index contributed by atoms with van der Waals surface area (Å²) in [5.41, 5.74) is 3.40. The summed E-state index contributed by atoms with van der Waals surface area (Å²) in [6, 6.07) is 4.62. The van der Waals surface area contributed by atoms with E-state index < -0.39 is 11.7 Å². The predicted octanol–water partition coefficient (Wildman–Crippen LogP) is 2.78. The number of anilines is 1. The lowest BCUT2D eigenvalue weighted by atomic mass is 9.90. The Morgan fingerprint density at radius 2 is 2.03 bits per heavy atom. The van der Waals surface area contributed by atoms with Crippen LogP contribution in [-0.2, 0) is 11.2 Å². The Balaban J connectivity index is 1.17. The quantitative estimate of drug-likeness (QED) is 0.382. The van der Waals surface area contributed by atoms with Crippen LogP contribution in [0.3, 0.4) is 0 Å². The van der Waals surface area contributed by atoms with Gasteiger partial charge in [-0.2, -0.15) is 0 Å². The number of ether oxygens (including phenoxy) is 1. The molecule has 166 valence electrons. The summed E-state index contributed by atoms with van der Waals surface area (Å²) in [5.74, 6) is 7.75. The van der Waals surface area contributed by atoms with E-state index in [2.05, 4.69) is 14.9 Å². The van der Waals surface area contributed by atoms with Crippen LogP contribution in [0.25, 0.3) is 0 Å². The number of aryl methyl sites for hydroxylation is 1. The summed E-state index contributed by atoms with van der Waals surface area (Å²) in [7, 11) is 0. The normalized spacial score (nSPS) is 21.1. The number of nitrogens with two attached hydrogens (primary N) is 1. The first-order valence-electron chi connectivity index (χ1n) is 11.0. The lowest BCUT2D eigenvalue weighted by Crippen LogP contribution is -2.35. The van der Waals surface area contributed by atoms with Crippen molar-refractivity contribution in [2.75, 3.05) is 24.6 Å². The van der Waals surface area contributed by atoms with E-state index in [1.165, 1.54) is 25.3 Å². The van der Waals surface area contributed by atoms with Crippen molar-refractivity contribution < 1.29 is 13.9 Å². The fraction of sp³-hybridized carbons (Fsp3) is 0.522. The Kier molecular flexibility index (Phi) is 6.65. The Hall–Kier alpha value is -2.74. The topological polar surface area (TPSA) is 93.4 Å². The third-order valence-electron chi connectivity index (χ3n) is 6.47. The molecule has 2 aliphatic rings. The van der Waals surface area contributed by atoms with Crippen LogP contribution in [0.1, 0.15) is 36.8 Å². The van der Waals surface area contributed by atoms with Gasteiger partial charge in [-0.1, -0.05) is 6.07 Å². The molecule has 0 bridgehead atoms. The van der Waals surface area contributed by atoms with E-state index >= 15 is 0 Å². The maximum atomic E-state index is 14.1. The number of hydrogen-bond donors (Lipinski definition) is 2. The largest absolute Gasteiger partial charge is 0.493 e. The molecule has 1 aliphatic carbocycles. The monoisotopic (exact) mass is 427 g/mol. The number of carbonyl (C=O) groups excluding carboxylic acids is 1. The number of hydrogen-bond acceptors (Lipinski definition) is 6. The van der Waals surface area contributed by atoms with Gasteiger partial charge in [0, 0.05) is 31.5 Å². The van der Waals surface area contributed by atoms with Crippen molar-refractivity contribution in [3.8, 4) is 5.75 Å². The minimum absolute atomic E-state index is 0.0821. The molecule has 1 aromatic carbocycles. The highest BCUT2D eigenvalue weighted by Crippen LogP contribution is 2.49. The zero-order valence-corrected chi connectivity index (χ0v) is 17.9. The molecule has 1 aromatic heterocycles. The molecule has 1 saturated heterocycles. The van der Waals surface area contributed by atoms with Crippen LogP contribution >= 0.6 is 0 Å². The van der Waals surface area contributed by atoms with Gasteiger partial charge in [-0.15, -0.1) is 0 Å². The molecule has 0 spiro atoms. The van der Waals surface area contributed by atoms with Crippen molar-refractivity contribution in [3.05, 3.63) is 47.5 Å². The number of halogens is 1. The second-order valence-electron chi connectivity index (χ2n) is 8.68. The van der Waals surface area contributed by atoms with E-state index in [4.69, 9.17) is 10.6 Å². The summed E-state index contributed by atoms with van der Waals surface area (Å²) in [6.45, 7) is 4.61. The highest BCUT2D eigenvalue weighted by molar-refractivity contribution is 5.77. The molecular weight excluding hydrogens is 397 g/mol. The number of rotatable bonds is 8. The number of piperidine rings is 1. The van der Waals surface area contributed by atoms with E-state index in [1.54, 1.807) is 12.1 Å². The third kappa shape index (κ3) is 5.50. The molecule has 4 rings (SSSR count). The number of nitrogens with zero attached hydrogens (tertiary/aromatic N) is 3. The average Bonchev–Trinajstić information content (AvgIpc) is 3.56. The molecular formula is C23H30FN5O2. The lowest BCUT2D eigenvalue weighted by Gasteiger charge is -2.32. The van der Waals surface area contributed by atoms with Gasteiger partial charge in [0.1, 0.15) is 11.6 Å². The number of benzene rings is 1. The van der Waals surface area contributed by atoms with Gasteiger partial charge in [-0.25, -0.2) is 20.2 Å². The zero-order valence-electron chi connectivity index (χ0n) is 17.9. The van der Waals surface area contributed by atoms with Gasteiger partial charge in [0.15, 0.2) is 0 Å². The van der Waals surface area contributed by atoms with Crippen LogP contribution < -0.4 is 20.9 Å². The first-order chi connectivity index (χ1) is 15.0. The molecule has 0 radical (unpaired) electrons. The van der Waals surface area contributed by atoms with Crippen molar-refractivity contribution in [2.45, 2.75) is 39.0 Å². The minimum Gasteiger partial charge on any atom is -0.493 e. The molecule has 8 heteroatoms. The maximum Gasteiger partial charge on any atom is 0.238 e. The molecule has 1 amide bonds. The third-order valence-corrected chi connectivity index (χ3v) is 6.47. The van der Waals surface area contributed by atoms with Crippen LogP contribution in [0.2, 0.25) is 0 Å². The van der Waals surface area contributed by atoms with Crippen LogP contribution in [0, 0.1) is 30.5 Å². The molecule has 3 N–H and O–H groups in total. The molecule has 2 aromatic rings.